The van der Waals surface area contributed by atoms with Crippen molar-refractivity contribution in [3.8, 4) is 0 Å². The lowest BCUT2D eigenvalue weighted by Crippen LogP contribution is -2.45. The van der Waals surface area contributed by atoms with E-state index in [0.29, 0.717) is 5.57 Å². The highest BCUT2D eigenvalue weighted by Gasteiger charge is 2.19. The summed E-state index contributed by atoms with van der Waals surface area (Å²) < 4.78 is 0. The van der Waals surface area contributed by atoms with Crippen LogP contribution in [-0.2, 0) is 4.79 Å². The number of aliphatic carboxylic acids is 1. The third-order valence-corrected chi connectivity index (χ3v) is 2.32. The predicted octanol–water partition coefficient (Wildman–Crippen LogP) is -0.0183. The molecule has 1 aliphatic rings. The highest BCUT2D eigenvalue weighted by atomic mass is 16.4. The molecule has 5 heteroatoms. The third-order valence-electron chi connectivity index (χ3n) is 2.32. The molecule has 0 saturated carbocycles. The second-order valence-electron chi connectivity index (χ2n) is 4.00. The summed E-state index contributed by atoms with van der Waals surface area (Å²) in [7, 11) is 4.04. The number of carboxylic acid groups (broad SMARTS) is 1. The number of nitrogens with zero attached hydrogens (tertiary/aromatic N) is 1. The molecule has 0 aromatic heterocycles. The Morgan fingerprint density at radius 3 is 3.00 bits per heavy atom. The van der Waals surface area contributed by atoms with Crippen LogP contribution >= 0.6 is 0 Å². The SMILES string of the molecule is CN(C)CCCNC1NC=CC=C1C(=O)O. The van der Waals surface area contributed by atoms with E-state index in [1.54, 1.807) is 18.4 Å². The summed E-state index contributed by atoms with van der Waals surface area (Å²) in [5.41, 5.74) is 0.354. The summed E-state index contributed by atoms with van der Waals surface area (Å²) in [6.07, 6.45) is 5.76. The Bertz CT molecular complexity index is 298. The van der Waals surface area contributed by atoms with Gasteiger partial charge in [-0.2, -0.15) is 0 Å². The van der Waals surface area contributed by atoms with Gasteiger partial charge in [-0.1, -0.05) is 0 Å². The van der Waals surface area contributed by atoms with E-state index in [1.807, 2.05) is 14.1 Å². The Morgan fingerprint density at radius 2 is 2.38 bits per heavy atom. The Hall–Kier alpha value is -1.33. The summed E-state index contributed by atoms with van der Waals surface area (Å²) in [6, 6.07) is 0. The average molecular weight is 225 g/mol. The molecule has 1 atom stereocenters. The van der Waals surface area contributed by atoms with Crippen LogP contribution in [0.25, 0.3) is 0 Å². The summed E-state index contributed by atoms with van der Waals surface area (Å²) in [5.74, 6) is -0.887. The molecular formula is C11H19N3O2. The zero-order valence-corrected chi connectivity index (χ0v) is 9.73. The number of allylic oxidation sites excluding steroid dienone is 2. The predicted molar refractivity (Wildman–Crippen MR) is 63.0 cm³/mol. The van der Waals surface area contributed by atoms with Crippen molar-refractivity contribution in [2.24, 2.45) is 0 Å². The molecule has 0 spiro atoms. The number of carbonyl (C=O) groups is 1. The number of carboxylic acids is 1. The van der Waals surface area contributed by atoms with Crippen molar-refractivity contribution < 1.29 is 9.90 Å². The molecule has 0 aromatic carbocycles. The third kappa shape index (κ3) is 4.04. The van der Waals surface area contributed by atoms with E-state index in [-0.39, 0.29) is 6.17 Å². The second-order valence-corrected chi connectivity index (χ2v) is 4.00. The van der Waals surface area contributed by atoms with E-state index in [9.17, 15) is 4.79 Å². The van der Waals surface area contributed by atoms with E-state index >= 15 is 0 Å². The molecule has 0 aromatic rings. The molecule has 0 bridgehead atoms. The van der Waals surface area contributed by atoms with Crippen LogP contribution in [0.1, 0.15) is 6.42 Å². The van der Waals surface area contributed by atoms with Crippen LogP contribution in [0.2, 0.25) is 0 Å². The molecule has 0 amide bonds. The summed E-state index contributed by atoms with van der Waals surface area (Å²) in [6.45, 7) is 1.77. The maximum atomic E-state index is 10.9. The number of dihydropyridines is 1. The van der Waals surface area contributed by atoms with Crippen LogP contribution in [0.15, 0.2) is 23.9 Å². The molecule has 1 rings (SSSR count). The maximum absolute atomic E-state index is 10.9. The minimum atomic E-state index is -0.887. The standard InChI is InChI=1S/C11H19N3O2/c1-14(2)8-4-7-13-10-9(11(15)16)5-3-6-12-10/h3,5-6,10,12-13H,4,7-8H2,1-2H3,(H,15,16). The van der Waals surface area contributed by atoms with E-state index in [4.69, 9.17) is 5.11 Å². The lowest BCUT2D eigenvalue weighted by atomic mass is 10.1. The summed E-state index contributed by atoms with van der Waals surface area (Å²) >= 11 is 0. The van der Waals surface area contributed by atoms with E-state index in [2.05, 4.69) is 15.5 Å². The zero-order chi connectivity index (χ0) is 12.0. The van der Waals surface area contributed by atoms with Gasteiger partial charge in [0.25, 0.3) is 0 Å². The molecule has 0 fully saturated rings. The Balaban J connectivity index is 2.34. The molecule has 90 valence electrons. The summed E-state index contributed by atoms with van der Waals surface area (Å²) in [4.78, 5) is 13.0. The molecule has 3 N–H and O–H groups in total. The van der Waals surface area contributed by atoms with E-state index < -0.39 is 5.97 Å². The fourth-order valence-electron chi connectivity index (χ4n) is 1.49. The van der Waals surface area contributed by atoms with Gasteiger partial charge in [0.2, 0.25) is 0 Å². The van der Waals surface area contributed by atoms with Gasteiger partial charge in [-0.3, -0.25) is 5.32 Å². The van der Waals surface area contributed by atoms with Crippen LogP contribution in [0.5, 0.6) is 0 Å². The first-order valence-electron chi connectivity index (χ1n) is 5.35. The molecule has 1 unspecified atom stereocenters. The maximum Gasteiger partial charge on any atom is 0.335 e. The van der Waals surface area contributed by atoms with Gasteiger partial charge in [-0.15, -0.1) is 0 Å². The number of nitrogens with one attached hydrogen (secondary N) is 2. The van der Waals surface area contributed by atoms with Crippen molar-refractivity contribution in [2.75, 3.05) is 27.2 Å². The average Bonchev–Trinajstić information content (AvgIpc) is 2.24. The lowest BCUT2D eigenvalue weighted by Gasteiger charge is -2.22. The van der Waals surface area contributed by atoms with Crippen molar-refractivity contribution >= 4 is 5.97 Å². The molecule has 1 heterocycles. The Kier molecular flexibility index (Phi) is 5.01. The van der Waals surface area contributed by atoms with Crippen molar-refractivity contribution in [1.82, 2.24) is 15.5 Å². The molecular weight excluding hydrogens is 206 g/mol. The molecule has 16 heavy (non-hydrogen) atoms. The first-order chi connectivity index (χ1) is 7.61. The van der Waals surface area contributed by atoms with Gasteiger partial charge < -0.3 is 15.3 Å². The molecule has 5 nitrogen and oxygen atoms in total. The van der Waals surface area contributed by atoms with E-state index in [0.717, 1.165) is 19.5 Å². The van der Waals surface area contributed by atoms with Gasteiger partial charge in [0.15, 0.2) is 0 Å². The molecule has 0 saturated heterocycles. The van der Waals surface area contributed by atoms with Crippen molar-refractivity contribution in [2.45, 2.75) is 12.6 Å². The largest absolute Gasteiger partial charge is 0.478 e. The van der Waals surface area contributed by atoms with Crippen molar-refractivity contribution in [3.63, 3.8) is 0 Å². The van der Waals surface area contributed by atoms with Gasteiger partial charge in [0.05, 0.1) is 5.57 Å². The first-order valence-corrected chi connectivity index (χ1v) is 5.35. The number of rotatable bonds is 6. The van der Waals surface area contributed by atoms with Gasteiger partial charge in [-0.05, 0) is 52.0 Å². The fraction of sp³-hybridized carbons (Fsp3) is 0.545. The minimum absolute atomic E-state index is 0.287. The monoisotopic (exact) mass is 225 g/mol. The summed E-state index contributed by atoms with van der Waals surface area (Å²) in [5, 5.41) is 15.1. The minimum Gasteiger partial charge on any atom is -0.478 e. The normalized spacial score (nSPS) is 19.4. The molecule has 0 radical (unpaired) electrons. The Labute approximate surface area is 95.8 Å². The topological polar surface area (TPSA) is 64.6 Å². The second kappa shape index (κ2) is 6.30. The van der Waals surface area contributed by atoms with Gasteiger partial charge >= 0.3 is 5.97 Å². The van der Waals surface area contributed by atoms with Crippen LogP contribution in [0.4, 0.5) is 0 Å². The van der Waals surface area contributed by atoms with Crippen LogP contribution < -0.4 is 10.6 Å². The zero-order valence-electron chi connectivity index (χ0n) is 9.73. The number of hydrogen-bond acceptors (Lipinski definition) is 4. The van der Waals surface area contributed by atoms with Crippen molar-refractivity contribution in [3.05, 3.63) is 23.9 Å². The smallest absolute Gasteiger partial charge is 0.335 e. The van der Waals surface area contributed by atoms with Crippen LogP contribution in [0.3, 0.4) is 0 Å². The molecule has 1 aliphatic heterocycles. The molecule has 0 aliphatic carbocycles. The van der Waals surface area contributed by atoms with Gasteiger partial charge in [0.1, 0.15) is 6.17 Å². The highest BCUT2D eigenvalue weighted by Crippen LogP contribution is 2.05. The number of hydrogen-bond donors (Lipinski definition) is 3. The fourth-order valence-corrected chi connectivity index (χ4v) is 1.49. The quantitative estimate of drug-likeness (QED) is 0.555. The Morgan fingerprint density at radius 1 is 1.62 bits per heavy atom. The highest BCUT2D eigenvalue weighted by molar-refractivity contribution is 5.88. The van der Waals surface area contributed by atoms with Crippen LogP contribution in [-0.4, -0.2) is 49.3 Å². The van der Waals surface area contributed by atoms with Crippen molar-refractivity contribution in [1.29, 1.82) is 0 Å². The van der Waals surface area contributed by atoms with Gasteiger partial charge in [-0.25, -0.2) is 4.79 Å². The van der Waals surface area contributed by atoms with Gasteiger partial charge in [0, 0.05) is 0 Å². The van der Waals surface area contributed by atoms with E-state index in [1.165, 1.54) is 0 Å². The first kappa shape index (κ1) is 12.7. The lowest BCUT2D eigenvalue weighted by molar-refractivity contribution is -0.133. The van der Waals surface area contributed by atoms with Crippen LogP contribution in [0, 0.1) is 0 Å².